The molecule has 1 aromatic heterocycles. The Labute approximate surface area is 121 Å². The maximum atomic E-state index is 12.2. The second-order valence-electron chi connectivity index (χ2n) is 4.69. The predicted molar refractivity (Wildman–Crippen MR) is 78.5 cm³/mol. The average Bonchev–Trinajstić information content (AvgIpc) is 3.11. The van der Waals surface area contributed by atoms with E-state index < -0.39 is 0 Å². The topological polar surface area (TPSA) is 37.8 Å². The number of aromatic amines is 1. The van der Waals surface area contributed by atoms with E-state index >= 15 is 0 Å². The molecule has 1 fully saturated rings. The van der Waals surface area contributed by atoms with E-state index in [1.807, 2.05) is 25.1 Å². The van der Waals surface area contributed by atoms with Crippen LogP contribution in [0, 0.1) is 6.92 Å². The summed E-state index contributed by atoms with van der Waals surface area (Å²) in [6.07, 6.45) is 2.33. The van der Waals surface area contributed by atoms with Crippen molar-refractivity contribution in [3.63, 3.8) is 0 Å². The zero-order valence-electron chi connectivity index (χ0n) is 9.84. The third-order valence-corrected chi connectivity index (χ3v) is 4.50. The molecule has 1 saturated carbocycles. The monoisotopic (exact) mass is 370 g/mol. The number of nitrogens with zero attached hydrogens (tertiary/aromatic N) is 1. The number of hydrogen-bond acceptors (Lipinski definition) is 1. The van der Waals surface area contributed by atoms with Crippen molar-refractivity contribution in [3.05, 3.63) is 48.8 Å². The van der Waals surface area contributed by atoms with Gasteiger partial charge in [0.05, 0.1) is 11.4 Å². The molecular weight excluding hydrogens is 360 g/mol. The van der Waals surface area contributed by atoms with Crippen LogP contribution >= 0.6 is 31.9 Å². The number of aromatic nitrogens is 2. The van der Waals surface area contributed by atoms with Gasteiger partial charge in [0.15, 0.2) is 0 Å². The van der Waals surface area contributed by atoms with E-state index in [0.717, 1.165) is 34.3 Å². The molecule has 1 heterocycles. The molecule has 94 valence electrons. The molecule has 0 saturated heterocycles. The standard InChI is InChI=1S/C13H12Br2N2O/c1-7-6-9(14)4-5-10(7)17-13(18)11(15)12(16-17)8-2-3-8/h4-6,8,16H,2-3H2,1H3. The molecule has 1 aliphatic rings. The summed E-state index contributed by atoms with van der Waals surface area (Å²) in [5.74, 6) is 0.518. The van der Waals surface area contributed by atoms with Crippen molar-refractivity contribution in [2.45, 2.75) is 25.7 Å². The van der Waals surface area contributed by atoms with Crippen LogP contribution in [0.25, 0.3) is 5.69 Å². The molecule has 0 amide bonds. The lowest BCUT2D eigenvalue weighted by Crippen LogP contribution is -2.15. The molecular formula is C13H12Br2N2O. The summed E-state index contributed by atoms with van der Waals surface area (Å²) in [5.41, 5.74) is 2.98. The summed E-state index contributed by atoms with van der Waals surface area (Å²) in [4.78, 5) is 12.2. The molecule has 2 aromatic rings. The molecule has 0 unspecified atom stereocenters. The van der Waals surface area contributed by atoms with Crippen molar-refractivity contribution in [3.8, 4) is 5.69 Å². The van der Waals surface area contributed by atoms with E-state index in [4.69, 9.17) is 0 Å². The molecule has 0 bridgehead atoms. The molecule has 3 nitrogen and oxygen atoms in total. The molecule has 1 N–H and O–H groups in total. The van der Waals surface area contributed by atoms with Gasteiger partial charge in [0.25, 0.3) is 5.56 Å². The van der Waals surface area contributed by atoms with Crippen LogP contribution in [0.15, 0.2) is 31.9 Å². The molecule has 0 aliphatic heterocycles. The summed E-state index contributed by atoms with van der Waals surface area (Å²) in [6, 6.07) is 5.90. The Hall–Kier alpha value is -0.810. The minimum absolute atomic E-state index is 0.0117. The Morgan fingerprint density at radius 1 is 1.33 bits per heavy atom. The van der Waals surface area contributed by atoms with Gasteiger partial charge in [-0.15, -0.1) is 0 Å². The Morgan fingerprint density at radius 2 is 2.06 bits per heavy atom. The number of H-pyrrole nitrogens is 1. The first kappa shape index (κ1) is 12.2. The molecule has 0 atom stereocenters. The van der Waals surface area contributed by atoms with Crippen LogP contribution in [-0.4, -0.2) is 9.78 Å². The van der Waals surface area contributed by atoms with Crippen LogP contribution in [0.3, 0.4) is 0 Å². The van der Waals surface area contributed by atoms with Crippen LogP contribution in [0.4, 0.5) is 0 Å². The zero-order valence-corrected chi connectivity index (χ0v) is 13.0. The quantitative estimate of drug-likeness (QED) is 0.854. The van der Waals surface area contributed by atoms with Gasteiger partial charge in [-0.1, -0.05) is 15.9 Å². The summed E-state index contributed by atoms with van der Waals surface area (Å²) in [7, 11) is 0. The molecule has 0 radical (unpaired) electrons. The fourth-order valence-corrected chi connectivity index (χ4v) is 3.18. The molecule has 0 spiro atoms. The summed E-state index contributed by atoms with van der Waals surface area (Å²) < 4.78 is 3.32. The highest BCUT2D eigenvalue weighted by Gasteiger charge is 2.29. The summed E-state index contributed by atoms with van der Waals surface area (Å²) in [6.45, 7) is 2.00. The Bertz CT molecular complexity index is 668. The lowest BCUT2D eigenvalue weighted by molar-refractivity contribution is 0.810. The highest BCUT2D eigenvalue weighted by Crippen LogP contribution is 2.41. The minimum atomic E-state index is -0.0117. The van der Waals surface area contributed by atoms with Crippen molar-refractivity contribution in [1.82, 2.24) is 9.78 Å². The first-order valence-corrected chi connectivity index (χ1v) is 7.43. The zero-order chi connectivity index (χ0) is 12.9. The van der Waals surface area contributed by atoms with Crippen LogP contribution in [0.2, 0.25) is 0 Å². The first-order chi connectivity index (χ1) is 8.58. The van der Waals surface area contributed by atoms with Gasteiger partial charge in [-0.3, -0.25) is 9.89 Å². The summed E-state index contributed by atoms with van der Waals surface area (Å²) >= 11 is 6.84. The van der Waals surface area contributed by atoms with E-state index in [0.29, 0.717) is 10.4 Å². The van der Waals surface area contributed by atoms with Crippen LogP contribution in [0.1, 0.15) is 30.0 Å². The molecule has 1 aromatic carbocycles. The van der Waals surface area contributed by atoms with E-state index in [2.05, 4.69) is 37.0 Å². The first-order valence-electron chi connectivity index (χ1n) is 5.85. The largest absolute Gasteiger partial charge is 0.294 e. The lowest BCUT2D eigenvalue weighted by Gasteiger charge is -2.06. The fraction of sp³-hybridized carbons (Fsp3) is 0.308. The van der Waals surface area contributed by atoms with E-state index in [9.17, 15) is 4.79 Å². The van der Waals surface area contributed by atoms with Gasteiger partial charge in [-0.25, -0.2) is 4.68 Å². The lowest BCUT2D eigenvalue weighted by atomic mass is 10.2. The van der Waals surface area contributed by atoms with Gasteiger partial charge < -0.3 is 0 Å². The SMILES string of the molecule is Cc1cc(Br)ccc1-n1[nH]c(C2CC2)c(Br)c1=O. The Kier molecular flexibility index (Phi) is 2.98. The smallest absolute Gasteiger partial charge is 0.285 e. The van der Waals surface area contributed by atoms with Gasteiger partial charge in [0.1, 0.15) is 4.47 Å². The molecule has 1 aliphatic carbocycles. The van der Waals surface area contributed by atoms with Crippen molar-refractivity contribution >= 4 is 31.9 Å². The van der Waals surface area contributed by atoms with Crippen LogP contribution in [-0.2, 0) is 0 Å². The number of aryl methyl sites for hydroxylation is 1. The van der Waals surface area contributed by atoms with Crippen molar-refractivity contribution in [1.29, 1.82) is 0 Å². The van der Waals surface area contributed by atoms with Gasteiger partial charge in [-0.2, -0.15) is 0 Å². The number of halogens is 2. The van der Waals surface area contributed by atoms with Gasteiger partial charge in [0.2, 0.25) is 0 Å². The van der Waals surface area contributed by atoms with Gasteiger partial charge >= 0.3 is 0 Å². The van der Waals surface area contributed by atoms with Crippen molar-refractivity contribution < 1.29 is 0 Å². The predicted octanol–water partition coefficient (Wildman–Crippen LogP) is 3.88. The second-order valence-corrected chi connectivity index (χ2v) is 6.39. The average molecular weight is 372 g/mol. The van der Waals surface area contributed by atoms with Gasteiger partial charge in [0, 0.05) is 10.4 Å². The maximum Gasteiger partial charge on any atom is 0.285 e. The summed E-state index contributed by atoms with van der Waals surface area (Å²) in [5, 5.41) is 3.23. The van der Waals surface area contributed by atoms with Crippen molar-refractivity contribution in [2.24, 2.45) is 0 Å². The molecule has 18 heavy (non-hydrogen) atoms. The highest BCUT2D eigenvalue weighted by atomic mass is 79.9. The number of hydrogen-bond donors (Lipinski definition) is 1. The van der Waals surface area contributed by atoms with E-state index in [1.165, 1.54) is 0 Å². The Morgan fingerprint density at radius 3 is 2.67 bits per heavy atom. The van der Waals surface area contributed by atoms with E-state index in [-0.39, 0.29) is 5.56 Å². The third kappa shape index (κ3) is 1.99. The number of benzene rings is 1. The maximum absolute atomic E-state index is 12.2. The minimum Gasteiger partial charge on any atom is -0.294 e. The fourth-order valence-electron chi connectivity index (χ4n) is 2.12. The normalized spacial score (nSPS) is 15.1. The number of nitrogens with one attached hydrogen (secondary N) is 1. The van der Waals surface area contributed by atoms with E-state index in [1.54, 1.807) is 4.68 Å². The molecule has 5 heteroatoms. The third-order valence-electron chi connectivity index (χ3n) is 3.24. The Balaban J connectivity index is 2.17. The van der Waals surface area contributed by atoms with Crippen molar-refractivity contribution in [2.75, 3.05) is 0 Å². The second kappa shape index (κ2) is 4.38. The van der Waals surface area contributed by atoms with Gasteiger partial charge in [-0.05, 0) is 59.5 Å². The highest BCUT2D eigenvalue weighted by molar-refractivity contribution is 9.10. The molecule has 3 rings (SSSR count). The number of rotatable bonds is 2. The van der Waals surface area contributed by atoms with Crippen LogP contribution in [0.5, 0.6) is 0 Å². The van der Waals surface area contributed by atoms with Crippen LogP contribution < -0.4 is 5.56 Å².